The summed E-state index contributed by atoms with van der Waals surface area (Å²) >= 11 is 0. The number of aliphatic hydroxyl groups is 1. The van der Waals surface area contributed by atoms with Gasteiger partial charge in [-0.05, 0) is 45.8 Å². The molecule has 4 heterocycles. The molecule has 0 saturated carbocycles. The third-order valence-corrected chi connectivity index (χ3v) is 5.16. The van der Waals surface area contributed by atoms with E-state index >= 15 is 0 Å². The number of aromatic nitrogens is 3. The Bertz CT molecular complexity index is 781. The van der Waals surface area contributed by atoms with Crippen LogP contribution in [-0.4, -0.2) is 73.7 Å². The first-order valence-corrected chi connectivity index (χ1v) is 8.58. The van der Waals surface area contributed by atoms with Crippen molar-refractivity contribution in [1.29, 1.82) is 0 Å². The summed E-state index contributed by atoms with van der Waals surface area (Å²) in [5, 5.41) is 14.7. The Morgan fingerprint density at radius 2 is 2.00 bits per heavy atom. The molecule has 0 bridgehead atoms. The van der Waals surface area contributed by atoms with E-state index in [0.29, 0.717) is 24.3 Å². The Morgan fingerprint density at radius 1 is 1.25 bits per heavy atom. The first-order chi connectivity index (χ1) is 11.5. The molecule has 0 unspecified atom stereocenters. The number of carbonyl (C=O) groups excluding carboxylic acids is 1. The average Bonchev–Trinajstić information content (AvgIpc) is 3.24. The number of hydrogen-bond acceptors (Lipinski definition) is 5. The monoisotopic (exact) mass is 329 g/mol. The van der Waals surface area contributed by atoms with Gasteiger partial charge >= 0.3 is 0 Å². The van der Waals surface area contributed by atoms with E-state index in [4.69, 9.17) is 0 Å². The molecule has 2 aromatic rings. The molecule has 128 valence electrons. The van der Waals surface area contributed by atoms with Gasteiger partial charge in [0, 0.05) is 24.5 Å². The van der Waals surface area contributed by atoms with Crippen LogP contribution in [0.15, 0.2) is 12.3 Å². The van der Waals surface area contributed by atoms with Crippen LogP contribution in [0.25, 0.3) is 5.65 Å². The molecule has 0 aromatic carbocycles. The van der Waals surface area contributed by atoms with Gasteiger partial charge in [0.05, 0.1) is 18.3 Å². The van der Waals surface area contributed by atoms with Crippen molar-refractivity contribution in [3.8, 4) is 0 Å². The minimum absolute atomic E-state index is 0.0507. The lowest BCUT2D eigenvalue weighted by Gasteiger charge is -2.25. The normalized spacial score (nSPS) is 25.0. The maximum absolute atomic E-state index is 13.0. The van der Waals surface area contributed by atoms with Crippen molar-refractivity contribution >= 4 is 11.6 Å². The van der Waals surface area contributed by atoms with Crippen LogP contribution in [0.2, 0.25) is 0 Å². The van der Waals surface area contributed by atoms with Gasteiger partial charge < -0.3 is 10.0 Å². The quantitative estimate of drug-likeness (QED) is 0.875. The zero-order valence-electron chi connectivity index (χ0n) is 14.1. The third kappa shape index (κ3) is 2.48. The van der Waals surface area contributed by atoms with Gasteiger partial charge in [0.2, 0.25) is 0 Å². The minimum Gasteiger partial charge on any atom is -0.390 e. The van der Waals surface area contributed by atoms with Crippen molar-refractivity contribution in [2.45, 2.75) is 38.8 Å². The number of β-amino-alcohol motifs (C(OH)–C–C–N with tert-alkyl or cyclic N) is 1. The molecule has 7 nitrogen and oxygen atoms in total. The van der Waals surface area contributed by atoms with Crippen LogP contribution in [0.1, 0.15) is 34.6 Å². The van der Waals surface area contributed by atoms with Crippen LogP contribution in [-0.2, 0) is 0 Å². The Balaban J connectivity index is 1.60. The second-order valence-corrected chi connectivity index (χ2v) is 6.92. The van der Waals surface area contributed by atoms with Crippen molar-refractivity contribution in [2.24, 2.45) is 0 Å². The maximum Gasteiger partial charge on any atom is 0.259 e. The van der Waals surface area contributed by atoms with Crippen LogP contribution in [0.4, 0.5) is 0 Å². The SMILES string of the molecule is Cc1cc(C)n2ncc(C(=O)N3C[C@@H](N4CCCC4)[C@@H](O)C3)c2n1. The number of carbonyl (C=O) groups is 1. The molecule has 0 spiro atoms. The summed E-state index contributed by atoms with van der Waals surface area (Å²) in [4.78, 5) is 21.5. The van der Waals surface area contributed by atoms with Crippen molar-refractivity contribution in [1.82, 2.24) is 24.4 Å². The number of hydrogen-bond donors (Lipinski definition) is 1. The van der Waals surface area contributed by atoms with E-state index in [1.807, 2.05) is 19.9 Å². The first-order valence-electron chi connectivity index (χ1n) is 8.58. The number of likely N-dealkylation sites (tertiary alicyclic amines) is 2. The van der Waals surface area contributed by atoms with Crippen LogP contribution in [0.3, 0.4) is 0 Å². The summed E-state index contributed by atoms with van der Waals surface area (Å²) in [5.41, 5.74) is 2.92. The number of aliphatic hydroxyl groups excluding tert-OH is 1. The van der Waals surface area contributed by atoms with Crippen LogP contribution in [0, 0.1) is 13.8 Å². The predicted octanol–water partition coefficient (Wildman–Crippen LogP) is 0.627. The van der Waals surface area contributed by atoms with Crippen molar-refractivity contribution in [3.63, 3.8) is 0 Å². The smallest absolute Gasteiger partial charge is 0.259 e. The molecule has 7 heteroatoms. The Kier molecular flexibility index (Phi) is 3.77. The number of aryl methyl sites for hydroxylation is 2. The lowest BCUT2D eigenvalue weighted by atomic mass is 10.2. The molecule has 2 aromatic heterocycles. The van der Waals surface area contributed by atoms with Gasteiger partial charge in [-0.1, -0.05) is 0 Å². The van der Waals surface area contributed by atoms with Crippen molar-refractivity contribution in [2.75, 3.05) is 26.2 Å². The van der Waals surface area contributed by atoms with E-state index in [2.05, 4.69) is 15.0 Å². The van der Waals surface area contributed by atoms with Crippen molar-refractivity contribution in [3.05, 3.63) is 29.2 Å². The fourth-order valence-electron chi connectivity index (χ4n) is 3.96. The highest BCUT2D eigenvalue weighted by atomic mass is 16.3. The first kappa shape index (κ1) is 15.5. The highest BCUT2D eigenvalue weighted by molar-refractivity contribution is 5.99. The number of fused-ring (bicyclic) bond motifs is 1. The fourth-order valence-corrected chi connectivity index (χ4v) is 3.96. The molecule has 4 rings (SSSR count). The standard InChI is InChI=1S/C17H23N5O2/c1-11-7-12(2)22-16(19-11)13(8-18-22)17(24)21-9-14(15(23)10-21)20-5-3-4-6-20/h7-8,14-15,23H,3-6,9-10H2,1-2H3/t14-,15+/m1/s1. The van der Waals surface area contributed by atoms with Crippen LogP contribution < -0.4 is 0 Å². The Labute approximate surface area is 140 Å². The summed E-state index contributed by atoms with van der Waals surface area (Å²) in [6, 6.07) is 1.99. The highest BCUT2D eigenvalue weighted by Crippen LogP contribution is 2.23. The number of amides is 1. The highest BCUT2D eigenvalue weighted by Gasteiger charge is 2.39. The molecule has 0 aliphatic carbocycles. The predicted molar refractivity (Wildman–Crippen MR) is 89.0 cm³/mol. The Hall–Kier alpha value is -1.99. The summed E-state index contributed by atoms with van der Waals surface area (Å²) < 4.78 is 1.70. The summed E-state index contributed by atoms with van der Waals surface area (Å²) in [5.74, 6) is -0.0942. The molecule has 1 amide bonds. The van der Waals surface area contributed by atoms with E-state index in [1.54, 1.807) is 15.6 Å². The third-order valence-electron chi connectivity index (χ3n) is 5.16. The molecule has 0 radical (unpaired) electrons. The zero-order valence-corrected chi connectivity index (χ0v) is 14.1. The summed E-state index contributed by atoms with van der Waals surface area (Å²) in [6.45, 7) is 6.84. The van der Waals surface area contributed by atoms with Gasteiger partial charge in [0.15, 0.2) is 5.65 Å². The van der Waals surface area contributed by atoms with E-state index in [9.17, 15) is 9.90 Å². The lowest BCUT2D eigenvalue weighted by molar-refractivity contribution is 0.0765. The molecule has 2 aliphatic heterocycles. The van der Waals surface area contributed by atoms with Gasteiger partial charge in [-0.15, -0.1) is 0 Å². The number of rotatable bonds is 2. The van der Waals surface area contributed by atoms with E-state index < -0.39 is 6.10 Å². The zero-order chi connectivity index (χ0) is 16.8. The van der Waals surface area contributed by atoms with Gasteiger partial charge in [-0.25, -0.2) is 9.50 Å². The molecule has 2 fully saturated rings. The van der Waals surface area contributed by atoms with Gasteiger partial charge in [0.1, 0.15) is 5.56 Å². The topological polar surface area (TPSA) is 74.0 Å². The van der Waals surface area contributed by atoms with E-state index in [-0.39, 0.29) is 11.9 Å². The molecule has 1 N–H and O–H groups in total. The summed E-state index contributed by atoms with van der Waals surface area (Å²) in [7, 11) is 0. The van der Waals surface area contributed by atoms with Gasteiger partial charge in [-0.3, -0.25) is 9.69 Å². The molecule has 2 saturated heterocycles. The largest absolute Gasteiger partial charge is 0.390 e. The van der Waals surface area contributed by atoms with E-state index in [0.717, 1.165) is 24.5 Å². The molecule has 2 aliphatic rings. The van der Waals surface area contributed by atoms with Gasteiger partial charge in [-0.2, -0.15) is 5.10 Å². The lowest BCUT2D eigenvalue weighted by Crippen LogP contribution is -2.41. The molecular formula is C17H23N5O2. The Morgan fingerprint density at radius 3 is 2.75 bits per heavy atom. The second kappa shape index (κ2) is 5.82. The maximum atomic E-state index is 13.0. The number of nitrogens with zero attached hydrogens (tertiary/aromatic N) is 5. The molecular weight excluding hydrogens is 306 g/mol. The second-order valence-electron chi connectivity index (χ2n) is 6.92. The van der Waals surface area contributed by atoms with Crippen molar-refractivity contribution < 1.29 is 9.90 Å². The average molecular weight is 329 g/mol. The van der Waals surface area contributed by atoms with Crippen LogP contribution in [0.5, 0.6) is 0 Å². The van der Waals surface area contributed by atoms with Gasteiger partial charge in [0.25, 0.3) is 5.91 Å². The minimum atomic E-state index is -0.481. The fraction of sp³-hybridized carbons (Fsp3) is 0.588. The summed E-state index contributed by atoms with van der Waals surface area (Å²) in [6.07, 6.45) is 3.46. The molecule has 24 heavy (non-hydrogen) atoms. The molecule has 2 atom stereocenters. The van der Waals surface area contributed by atoms with Crippen LogP contribution >= 0.6 is 0 Å². The van der Waals surface area contributed by atoms with E-state index in [1.165, 1.54) is 12.8 Å².